The number of fused-ring (bicyclic) bond motifs is 1. The van der Waals surface area contributed by atoms with Gasteiger partial charge >= 0.3 is 0 Å². The van der Waals surface area contributed by atoms with E-state index in [2.05, 4.69) is 34.3 Å². The topological polar surface area (TPSA) is 28.2 Å². The average molecular weight is 372 g/mol. The maximum atomic E-state index is 6.07. The Morgan fingerprint density at radius 2 is 2.19 bits per heavy atom. The molecule has 0 fully saturated rings. The Morgan fingerprint density at radius 1 is 1.27 bits per heavy atom. The number of benzene rings is 1. The van der Waals surface area contributed by atoms with Crippen molar-refractivity contribution in [3.8, 4) is 0 Å². The lowest BCUT2D eigenvalue weighted by atomic mass is 9.95. The molecule has 4 heteroatoms. The van der Waals surface area contributed by atoms with Gasteiger partial charge in [-0.1, -0.05) is 30.7 Å². The van der Waals surface area contributed by atoms with Gasteiger partial charge in [-0.3, -0.25) is 4.98 Å². The van der Waals surface area contributed by atoms with Crippen LogP contribution in [0, 0.1) is 5.92 Å². The third kappa shape index (κ3) is 5.46. The molecule has 0 radical (unpaired) electrons. The van der Waals surface area contributed by atoms with Gasteiger partial charge in [0.15, 0.2) is 0 Å². The molecular weight excluding hydrogens is 342 g/mol. The summed E-state index contributed by atoms with van der Waals surface area (Å²) in [5, 5.41) is 5.45. The van der Waals surface area contributed by atoms with Crippen LogP contribution in [-0.4, -0.2) is 36.1 Å². The van der Waals surface area contributed by atoms with E-state index in [1.807, 2.05) is 30.5 Å². The van der Waals surface area contributed by atoms with Crippen molar-refractivity contribution in [1.29, 1.82) is 0 Å². The quantitative estimate of drug-likeness (QED) is 0.448. The molecule has 0 aliphatic heterocycles. The number of halogens is 1. The van der Waals surface area contributed by atoms with Crippen LogP contribution in [0.5, 0.6) is 0 Å². The van der Waals surface area contributed by atoms with Crippen LogP contribution in [0.3, 0.4) is 0 Å². The van der Waals surface area contributed by atoms with Gasteiger partial charge in [0.25, 0.3) is 0 Å². The number of hydrogen-bond acceptors (Lipinski definition) is 3. The zero-order chi connectivity index (χ0) is 18.2. The summed E-state index contributed by atoms with van der Waals surface area (Å²) in [6.45, 7) is 6.81. The molecule has 26 heavy (non-hydrogen) atoms. The molecule has 3 rings (SSSR count). The van der Waals surface area contributed by atoms with E-state index in [1.165, 1.54) is 38.8 Å². The maximum absolute atomic E-state index is 6.07. The first-order valence-electron chi connectivity index (χ1n) is 9.93. The fraction of sp³-hybridized carbons (Fsp3) is 0.500. The molecular formula is C22H30ClN3. The molecule has 1 aliphatic rings. The van der Waals surface area contributed by atoms with E-state index in [9.17, 15) is 0 Å². The Kier molecular flexibility index (Phi) is 7.33. The molecule has 1 aromatic heterocycles. The Balaban J connectivity index is 1.50. The summed E-state index contributed by atoms with van der Waals surface area (Å²) < 4.78 is 0. The number of nitrogens with one attached hydrogen (secondary N) is 1. The molecule has 0 saturated carbocycles. The first-order valence-corrected chi connectivity index (χ1v) is 10.3. The molecule has 0 saturated heterocycles. The summed E-state index contributed by atoms with van der Waals surface area (Å²) in [6, 6.07) is 7.94. The highest BCUT2D eigenvalue weighted by Gasteiger charge is 2.13. The number of aromatic nitrogens is 1. The van der Waals surface area contributed by atoms with Crippen LogP contribution in [0.15, 0.2) is 42.6 Å². The van der Waals surface area contributed by atoms with E-state index >= 15 is 0 Å². The summed E-state index contributed by atoms with van der Waals surface area (Å²) in [4.78, 5) is 7.04. The summed E-state index contributed by atoms with van der Waals surface area (Å²) in [7, 11) is 0. The lowest BCUT2D eigenvalue weighted by Crippen LogP contribution is -2.32. The van der Waals surface area contributed by atoms with E-state index in [4.69, 9.17) is 11.6 Å². The SMILES string of the molecule is CCCN(CCCNc1ccnc2cc(Cl)ccc12)CC1C=CCCC1. The third-order valence-corrected chi connectivity index (χ3v) is 5.29. The highest BCUT2D eigenvalue weighted by Crippen LogP contribution is 2.24. The van der Waals surface area contributed by atoms with E-state index < -0.39 is 0 Å². The highest BCUT2D eigenvalue weighted by atomic mass is 35.5. The van der Waals surface area contributed by atoms with Crippen molar-refractivity contribution < 1.29 is 0 Å². The van der Waals surface area contributed by atoms with Gasteiger partial charge in [-0.15, -0.1) is 0 Å². The number of anilines is 1. The van der Waals surface area contributed by atoms with Crippen LogP contribution in [-0.2, 0) is 0 Å². The Labute approximate surface area is 162 Å². The average Bonchev–Trinajstić information content (AvgIpc) is 2.66. The Bertz CT molecular complexity index is 728. The number of allylic oxidation sites excluding steroid dienone is 1. The van der Waals surface area contributed by atoms with Crippen LogP contribution in [0.4, 0.5) is 5.69 Å². The third-order valence-electron chi connectivity index (χ3n) is 5.06. The number of nitrogens with zero attached hydrogens (tertiary/aromatic N) is 2. The van der Waals surface area contributed by atoms with Crippen LogP contribution >= 0.6 is 11.6 Å². The molecule has 0 amide bonds. The van der Waals surface area contributed by atoms with Crippen LogP contribution in [0.1, 0.15) is 39.0 Å². The number of rotatable bonds is 9. The second-order valence-corrected chi connectivity index (χ2v) is 7.66. The predicted molar refractivity (Wildman–Crippen MR) is 113 cm³/mol. The normalized spacial score (nSPS) is 17.1. The van der Waals surface area contributed by atoms with E-state index in [0.29, 0.717) is 0 Å². The van der Waals surface area contributed by atoms with Gasteiger partial charge in [-0.25, -0.2) is 0 Å². The van der Waals surface area contributed by atoms with E-state index in [0.717, 1.165) is 47.0 Å². The van der Waals surface area contributed by atoms with Gasteiger partial charge < -0.3 is 10.2 Å². The van der Waals surface area contributed by atoms with Crippen molar-refractivity contribution in [2.45, 2.75) is 39.0 Å². The second-order valence-electron chi connectivity index (χ2n) is 7.22. The standard InChI is InChI=1S/C22H30ClN3/c1-2-14-26(17-18-7-4-3-5-8-18)15-6-12-24-21-11-13-25-22-16-19(23)9-10-20(21)22/h4,7,9-11,13,16,18H,2-3,5-6,8,12,14-15,17H2,1H3,(H,24,25). The molecule has 1 aliphatic carbocycles. The van der Waals surface area contributed by atoms with Gasteiger partial charge in [0.1, 0.15) is 0 Å². The van der Waals surface area contributed by atoms with Crippen molar-refractivity contribution in [2.24, 2.45) is 5.92 Å². The van der Waals surface area contributed by atoms with Gasteiger partial charge in [0.2, 0.25) is 0 Å². The molecule has 3 nitrogen and oxygen atoms in total. The van der Waals surface area contributed by atoms with Crippen molar-refractivity contribution in [3.05, 3.63) is 47.6 Å². The predicted octanol–water partition coefficient (Wildman–Crippen LogP) is 5.76. The van der Waals surface area contributed by atoms with Crippen LogP contribution in [0.2, 0.25) is 5.02 Å². The monoisotopic (exact) mass is 371 g/mol. The maximum Gasteiger partial charge on any atom is 0.0737 e. The van der Waals surface area contributed by atoms with Gasteiger partial charge in [-0.2, -0.15) is 0 Å². The van der Waals surface area contributed by atoms with Gasteiger partial charge in [0.05, 0.1) is 5.52 Å². The molecule has 0 spiro atoms. The lowest BCUT2D eigenvalue weighted by molar-refractivity contribution is 0.239. The summed E-state index contributed by atoms with van der Waals surface area (Å²) in [5.41, 5.74) is 2.09. The van der Waals surface area contributed by atoms with Crippen molar-refractivity contribution in [3.63, 3.8) is 0 Å². The smallest absolute Gasteiger partial charge is 0.0737 e. The zero-order valence-corrected chi connectivity index (χ0v) is 16.5. The minimum absolute atomic E-state index is 0.731. The zero-order valence-electron chi connectivity index (χ0n) is 15.8. The molecule has 1 N–H and O–H groups in total. The van der Waals surface area contributed by atoms with Crippen molar-refractivity contribution in [2.75, 3.05) is 31.5 Å². The Hall–Kier alpha value is -1.58. The Morgan fingerprint density at radius 3 is 3.00 bits per heavy atom. The molecule has 1 aromatic carbocycles. The molecule has 140 valence electrons. The minimum Gasteiger partial charge on any atom is -0.384 e. The van der Waals surface area contributed by atoms with Gasteiger partial charge in [-0.05, 0) is 75.4 Å². The summed E-state index contributed by atoms with van der Waals surface area (Å²) in [5.74, 6) is 0.747. The number of pyridine rings is 1. The summed E-state index contributed by atoms with van der Waals surface area (Å²) in [6.07, 6.45) is 13.0. The molecule has 1 unspecified atom stereocenters. The molecule has 2 aromatic rings. The first kappa shape index (κ1) is 19.2. The number of hydrogen-bond donors (Lipinski definition) is 1. The summed E-state index contributed by atoms with van der Waals surface area (Å²) >= 11 is 6.07. The van der Waals surface area contributed by atoms with Crippen molar-refractivity contribution >= 4 is 28.2 Å². The molecule has 0 bridgehead atoms. The highest BCUT2D eigenvalue weighted by molar-refractivity contribution is 6.31. The largest absolute Gasteiger partial charge is 0.384 e. The minimum atomic E-state index is 0.731. The van der Waals surface area contributed by atoms with Crippen LogP contribution < -0.4 is 5.32 Å². The fourth-order valence-corrected chi connectivity index (χ4v) is 3.94. The molecule has 1 atom stereocenters. The lowest BCUT2D eigenvalue weighted by Gasteiger charge is -2.27. The van der Waals surface area contributed by atoms with Crippen LogP contribution in [0.25, 0.3) is 10.9 Å². The van der Waals surface area contributed by atoms with E-state index in [1.54, 1.807) is 0 Å². The first-order chi connectivity index (χ1) is 12.8. The second kappa shape index (κ2) is 9.94. The van der Waals surface area contributed by atoms with Gasteiger partial charge in [0, 0.05) is 35.4 Å². The van der Waals surface area contributed by atoms with E-state index in [-0.39, 0.29) is 0 Å². The molecule has 1 heterocycles. The van der Waals surface area contributed by atoms with Crippen molar-refractivity contribution in [1.82, 2.24) is 9.88 Å². The fourth-order valence-electron chi connectivity index (χ4n) is 3.78.